The molecule has 9 nitrogen and oxygen atoms in total. The molecule has 11 heteroatoms. The van der Waals surface area contributed by atoms with Crippen LogP contribution in [-0.4, -0.2) is 82.4 Å². The van der Waals surface area contributed by atoms with Gasteiger partial charge in [-0.1, -0.05) is 24.3 Å². The van der Waals surface area contributed by atoms with Crippen molar-refractivity contribution in [3.8, 4) is 0 Å². The molecule has 0 spiro atoms. The summed E-state index contributed by atoms with van der Waals surface area (Å²) in [7, 11) is 0. The first-order chi connectivity index (χ1) is 21.4. The number of alkyl halides is 1. The van der Waals surface area contributed by atoms with E-state index in [1.807, 2.05) is 23.1 Å². The van der Waals surface area contributed by atoms with Crippen molar-refractivity contribution in [1.82, 2.24) is 14.8 Å². The summed E-state index contributed by atoms with van der Waals surface area (Å²) in [5, 5.41) is 4.31. The number of nitrogens with one attached hydrogen (secondary N) is 1. The molecule has 44 heavy (non-hydrogen) atoms. The minimum absolute atomic E-state index is 0.0255. The number of anilines is 1. The van der Waals surface area contributed by atoms with E-state index in [9.17, 15) is 18.8 Å². The van der Waals surface area contributed by atoms with Gasteiger partial charge in [-0.2, -0.15) is 0 Å². The number of nitrogens with two attached hydrogens (primary N) is 1. The number of carbonyl (C=O) groups is 3. The van der Waals surface area contributed by atoms with Crippen molar-refractivity contribution in [3.63, 3.8) is 0 Å². The lowest BCUT2D eigenvalue weighted by Crippen LogP contribution is -2.48. The molecule has 2 aliphatic carbocycles. The number of fused-ring (bicyclic) bond motifs is 2. The molecule has 0 bridgehead atoms. The highest BCUT2D eigenvalue weighted by atomic mass is 32.2. The second-order valence-corrected chi connectivity index (χ2v) is 13.0. The fourth-order valence-corrected chi connectivity index (χ4v) is 7.54. The maximum absolute atomic E-state index is 13.9. The summed E-state index contributed by atoms with van der Waals surface area (Å²) in [5.41, 5.74) is 4.02. The molecule has 4 heterocycles. The van der Waals surface area contributed by atoms with E-state index < -0.39 is 6.17 Å². The topological polar surface area (TPSA) is 111 Å². The number of halogens is 1. The number of likely N-dealkylation sites (tertiary alicyclic amines) is 1. The smallest absolute Gasteiger partial charge is 0.274 e. The van der Waals surface area contributed by atoms with E-state index in [1.54, 1.807) is 35.4 Å². The molecule has 4 aliphatic heterocycles. The van der Waals surface area contributed by atoms with Gasteiger partial charge in [-0.15, -0.1) is 11.8 Å². The summed E-state index contributed by atoms with van der Waals surface area (Å²) >= 11 is 1.53. The maximum atomic E-state index is 13.9. The van der Waals surface area contributed by atoms with Crippen LogP contribution in [0.5, 0.6) is 0 Å². The molecule has 7 rings (SSSR count). The summed E-state index contributed by atoms with van der Waals surface area (Å²) in [6, 6.07) is 6.97. The Labute approximate surface area is 260 Å². The van der Waals surface area contributed by atoms with E-state index in [0.717, 1.165) is 18.4 Å². The van der Waals surface area contributed by atoms with E-state index in [-0.39, 0.29) is 48.8 Å². The van der Waals surface area contributed by atoms with E-state index in [0.29, 0.717) is 59.1 Å². The number of amides is 3. The number of hydrogen-bond acceptors (Lipinski definition) is 7. The lowest BCUT2D eigenvalue weighted by atomic mass is 9.85. The Morgan fingerprint density at radius 3 is 2.59 bits per heavy atom. The van der Waals surface area contributed by atoms with Gasteiger partial charge in [-0.05, 0) is 73.6 Å². The lowest BCUT2D eigenvalue weighted by molar-refractivity contribution is -0.127. The predicted molar refractivity (Wildman–Crippen MR) is 169 cm³/mol. The molecule has 0 aromatic heterocycles. The Kier molecular flexibility index (Phi) is 7.75. The molecule has 1 aromatic carbocycles. The zero-order valence-electron chi connectivity index (χ0n) is 24.3. The Morgan fingerprint density at radius 1 is 1.07 bits per heavy atom. The fraction of sp³-hybridized carbons (Fsp3) is 0.394. The van der Waals surface area contributed by atoms with Crippen molar-refractivity contribution in [1.29, 1.82) is 0 Å². The molecule has 1 saturated carbocycles. The van der Waals surface area contributed by atoms with Crippen molar-refractivity contribution in [2.45, 2.75) is 50.4 Å². The third kappa shape index (κ3) is 5.54. The third-order valence-electron chi connectivity index (χ3n) is 9.04. The number of benzene rings is 1. The molecular formula is C33H35FN6O3S. The molecule has 2 fully saturated rings. The van der Waals surface area contributed by atoms with Crippen LogP contribution in [0.15, 0.2) is 87.1 Å². The van der Waals surface area contributed by atoms with E-state index in [4.69, 9.17) is 5.84 Å². The monoisotopic (exact) mass is 614 g/mol. The first kappa shape index (κ1) is 28.8. The summed E-state index contributed by atoms with van der Waals surface area (Å²) in [6.45, 7) is 1.02. The van der Waals surface area contributed by atoms with Gasteiger partial charge in [0.2, 0.25) is 0 Å². The summed E-state index contributed by atoms with van der Waals surface area (Å²) in [6.07, 6.45) is 14.9. The van der Waals surface area contributed by atoms with Crippen LogP contribution in [0.4, 0.5) is 10.1 Å². The first-order valence-electron chi connectivity index (χ1n) is 15.2. The molecule has 228 valence electrons. The molecule has 3 N–H and O–H groups in total. The van der Waals surface area contributed by atoms with Gasteiger partial charge in [0, 0.05) is 41.7 Å². The zero-order valence-corrected chi connectivity index (χ0v) is 25.1. The van der Waals surface area contributed by atoms with Gasteiger partial charge in [0.15, 0.2) is 0 Å². The molecule has 6 aliphatic rings. The Bertz CT molecular complexity index is 1570. The van der Waals surface area contributed by atoms with E-state index >= 15 is 0 Å². The number of rotatable bonds is 6. The number of nitrogens with zero attached hydrogens (tertiary/aromatic N) is 4. The quantitative estimate of drug-likeness (QED) is 0.284. The molecule has 0 radical (unpaired) electrons. The number of thioether (sulfide) groups is 1. The highest BCUT2D eigenvalue weighted by Crippen LogP contribution is 2.41. The van der Waals surface area contributed by atoms with Gasteiger partial charge in [-0.3, -0.25) is 19.4 Å². The molecule has 2 unspecified atom stereocenters. The van der Waals surface area contributed by atoms with Crippen LogP contribution >= 0.6 is 11.8 Å². The molecule has 2 atom stereocenters. The second-order valence-electron chi connectivity index (χ2n) is 12.0. The molecule has 1 aromatic rings. The maximum Gasteiger partial charge on any atom is 0.274 e. The zero-order chi connectivity index (χ0) is 30.4. The van der Waals surface area contributed by atoms with E-state index in [1.165, 1.54) is 22.3 Å². The minimum Gasteiger partial charge on any atom is -0.350 e. The predicted octanol–water partition coefficient (Wildman–Crippen LogP) is 4.10. The van der Waals surface area contributed by atoms with E-state index in [2.05, 4.69) is 22.5 Å². The molecule has 1 saturated heterocycles. The number of hydrogen-bond donors (Lipinski definition) is 2. The van der Waals surface area contributed by atoms with Crippen molar-refractivity contribution in [2.75, 3.05) is 30.7 Å². The largest absolute Gasteiger partial charge is 0.350 e. The van der Waals surface area contributed by atoms with Crippen molar-refractivity contribution in [3.05, 3.63) is 87.7 Å². The van der Waals surface area contributed by atoms with Gasteiger partial charge in [0.1, 0.15) is 12.0 Å². The van der Waals surface area contributed by atoms with Gasteiger partial charge in [-0.25, -0.2) is 15.2 Å². The van der Waals surface area contributed by atoms with Crippen LogP contribution in [-0.2, 0) is 9.59 Å². The van der Waals surface area contributed by atoms with Crippen LogP contribution in [0, 0.1) is 5.92 Å². The van der Waals surface area contributed by atoms with Gasteiger partial charge in [0.05, 0.1) is 29.6 Å². The average Bonchev–Trinajstić information content (AvgIpc) is 3.90. The number of aliphatic imine (C=N–C) groups is 1. The molecular weight excluding hydrogens is 579 g/mol. The Balaban J connectivity index is 1.06. The SMILES string of the molecule is NN(C(=O)C1=CC2=C(CS1)C1C=CC=CC1N(C(=O)c1ccc(NC(=O)C3=C(N4CC(F)C4)N=CCC3)cc1)CC2)C1CC1. The van der Waals surface area contributed by atoms with Crippen molar-refractivity contribution >= 4 is 41.4 Å². The normalized spacial score (nSPS) is 24.7. The Morgan fingerprint density at radius 2 is 1.84 bits per heavy atom. The fourth-order valence-electron chi connectivity index (χ4n) is 6.40. The van der Waals surface area contributed by atoms with Gasteiger partial charge < -0.3 is 15.1 Å². The summed E-state index contributed by atoms with van der Waals surface area (Å²) in [5.74, 6) is 6.88. The molecule has 3 amide bonds. The lowest BCUT2D eigenvalue weighted by Gasteiger charge is -2.38. The highest BCUT2D eigenvalue weighted by molar-refractivity contribution is 8.04. The van der Waals surface area contributed by atoms with Crippen LogP contribution in [0.2, 0.25) is 0 Å². The number of allylic oxidation sites excluding steroid dienone is 3. The minimum atomic E-state index is -0.888. The summed E-state index contributed by atoms with van der Waals surface area (Å²) in [4.78, 5) is 48.8. The highest BCUT2D eigenvalue weighted by Gasteiger charge is 2.38. The van der Waals surface area contributed by atoms with Crippen LogP contribution < -0.4 is 11.2 Å². The standard InChI is InChI=1S/C33H35FN6O3S/c34-22-17-38(18-22)30-26(5-3-14-36-30)31(41)37-23-9-7-20(8-10-23)32(42)39-15-13-21-16-29(33(43)40(35)24-11-12-24)44-19-27(21)25-4-1-2-6-28(25)39/h1-2,4,6-10,14,16,22,24-25,28H,3,5,11-13,15,17-19,35H2,(H,37,41). The number of carbonyl (C=O) groups excluding carboxylic acids is 3. The average molecular weight is 615 g/mol. The van der Waals surface area contributed by atoms with Crippen molar-refractivity contribution in [2.24, 2.45) is 16.8 Å². The third-order valence-corrected chi connectivity index (χ3v) is 10.1. The Hall–Kier alpha value is -3.96. The van der Waals surface area contributed by atoms with Crippen LogP contribution in [0.25, 0.3) is 0 Å². The van der Waals surface area contributed by atoms with Crippen LogP contribution in [0.1, 0.15) is 42.5 Å². The first-order valence-corrected chi connectivity index (χ1v) is 16.2. The summed E-state index contributed by atoms with van der Waals surface area (Å²) < 4.78 is 13.4. The second kappa shape index (κ2) is 11.9. The van der Waals surface area contributed by atoms with Crippen molar-refractivity contribution < 1.29 is 18.8 Å². The van der Waals surface area contributed by atoms with Crippen LogP contribution in [0.3, 0.4) is 0 Å². The number of hydrazine groups is 1. The van der Waals surface area contributed by atoms with Gasteiger partial charge in [0.25, 0.3) is 17.7 Å². The van der Waals surface area contributed by atoms with Gasteiger partial charge >= 0.3 is 0 Å².